The van der Waals surface area contributed by atoms with Crippen LogP contribution in [0.1, 0.15) is 0 Å². The summed E-state index contributed by atoms with van der Waals surface area (Å²) in [5.74, 6) is 0. The molecule has 0 amide bonds. The molecule has 0 unspecified atom stereocenters. The molecule has 1 aromatic heterocycles. The molecule has 43 heavy (non-hydrogen) atoms. The zero-order valence-corrected chi connectivity index (χ0v) is 27.2. The lowest BCUT2D eigenvalue weighted by Crippen LogP contribution is -1.93. The van der Waals surface area contributed by atoms with Crippen LogP contribution in [0.15, 0.2) is 141 Å². The number of hydrogen-bond acceptors (Lipinski definition) is 1. The Morgan fingerprint density at radius 2 is 0.744 bits per heavy atom. The van der Waals surface area contributed by atoms with Crippen LogP contribution < -0.4 is 0 Å². The monoisotopic (exact) mass is 608 g/mol. The minimum absolute atomic E-state index is 1.02. The number of thiophene rings is 1. The summed E-state index contributed by atoms with van der Waals surface area (Å²) in [4.78, 5) is 6.03. The second kappa shape index (κ2) is 8.89. The van der Waals surface area contributed by atoms with Gasteiger partial charge in [-0.2, -0.15) is 20.1 Å². The Bertz CT molecular complexity index is 2140. The van der Waals surface area contributed by atoms with Crippen LogP contribution in [-0.2, 0) is 0 Å². The van der Waals surface area contributed by atoms with Crippen molar-refractivity contribution in [2.75, 3.05) is 25.0 Å². The summed E-state index contributed by atoms with van der Waals surface area (Å²) in [6.07, 6.45) is 9.77. The fourth-order valence-electron chi connectivity index (χ4n) is 7.33. The highest BCUT2D eigenvalue weighted by Crippen LogP contribution is 2.68. The topological polar surface area (TPSA) is 0 Å². The van der Waals surface area contributed by atoms with Crippen LogP contribution in [0, 0.1) is 0 Å². The van der Waals surface area contributed by atoms with E-state index in [2.05, 4.69) is 146 Å². The quantitative estimate of drug-likeness (QED) is 0.183. The summed E-state index contributed by atoms with van der Waals surface area (Å²) in [7, 11) is -2.05. The molecule has 210 valence electrons. The van der Waals surface area contributed by atoms with E-state index in [1.807, 2.05) is 11.3 Å². The molecule has 0 fully saturated rings. The molecule has 3 heteroatoms. The molecular weight excluding hydrogens is 577 g/mol. The zero-order valence-electron chi connectivity index (χ0n) is 24.8. The molecule has 2 aliphatic rings. The van der Waals surface area contributed by atoms with Crippen LogP contribution in [0.5, 0.6) is 0 Å². The molecule has 0 aliphatic carbocycles. The summed E-state index contributed by atoms with van der Waals surface area (Å²) in [6.45, 7) is 0. The van der Waals surface area contributed by atoms with Gasteiger partial charge in [-0.1, -0.05) is 72.8 Å². The van der Waals surface area contributed by atoms with Gasteiger partial charge >= 0.3 is 0 Å². The van der Waals surface area contributed by atoms with E-state index in [0.29, 0.717) is 0 Å². The van der Waals surface area contributed by atoms with Crippen LogP contribution in [0.2, 0.25) is 0 Å². The second-order valence-corrected chi connectivity index (χ2v) is 20.7. The van der Waals surface area contributed by atoms with E-state index in [0.717, 1.165) is 0 Å². The van der Waals surface area contributed by atoms with E-state index < -0.39 is 20.1 Å². The Morgan fingerprint density at radius 1 is 0.372 bits per heavy atom. The molecule has 0 saturated heterocycles. The van der Waals surface area contributed by atoms with Gasteiger partial charge in [-0.3, -0.25) is 0 Å². The first-order chi connectivity index (χ1) is 20.8. The van der Waals surface area contributed by atoms with Crippen LogP contribution >= 0.6 is 31.4 Å². The lowest BCUT2D eigenvalue weighted by Gasteiger charge is -2.28. The number of benzene rings is 6. The van der Waals surface area contributed by atoms with Crippen molar-refractivity contribution >= 4 is 51.6 Å². The Kier molecular flexibility index (Phi) is 5.32. The number of fused-ring (bicyclic) bond motifs is 9. The molecule has 0 bridgehead atoms. The fraction of sp³-hybridized carbons (Fsp3) is 0.100. The first-order valence-corrected chi connectivity index (χ1v) is 20.4. The molecule has 2 aliphatic heterocycles. The summed E-state index contributed by atoms with van der Waals surface area (Å²) in [5, 5.41) is 2.71. The van der Waals surface area contributed by atoms with E-state index in [1.54, 1.807) is 0 Å². The summed E-state index contributed by atoms with van der Waals surface area (Å²) in [5.41, 5.74) is 10.9. The summed E-state index contributed by atoms with van der Waals surface area (Å²) < 4.78 is 2.70. The normalized spacial score (nSPS) is 16.8. The molecule has 9 rings (SSSR count). The van der Waals surface area contributed by atoms with E-state index >= 15 is 0 Å². The number of hydrogen-bond donors (Lipinski definition) is 0. The highest BCUT2D eigenvalue weighted by Gasteiger charge is 2.32. The van der Waals surface area contributed by atoms with Gasteiger partial charge in [0.1, 0.15) is 0 Å². The van der Waals surface area contributed by atoms with Crippen LogP contribution in [0.25, 0.3) is 64.7 Å². The predicted molar refractivity (Wildman–Crippen MR) is 193 cm³/mol. The third-order valence-corrected chi connectivity index (χ3v) is 16.6. The average molecular weight is 609 g/mol. The van der Waals surface area contributed by atoms with Crippen LogP contribution in [0.4, 0.5) is 0 Å². The third-order valence-electron chi connectivity index (χ3n) is 9.65. The van der Waals surface area contributed by atoms with Crippen molar-refractivity contribution in [3.8, 4) is 44.5 Å². The van der Waals surface area contributed by atoms with Crippen molar-refractivity contribution in [1.82, 2.24) is 0 Å². The SMILES string of the molecule is CS1(C)c2ccccc2-c2ccc(-c3ccc4sc5ccc(-c6ccc7c(c6)S(C)(C)c6ccccc6-7)cc5c4c3)cc21. The zero-order chi connectivity index (χ0) is 29.1. The van der Waals surface area contributed by atoms with Gasteiger partial charge in [0.05, 0.1) is 0 Å². The minimum Gasteiger partial charge on any atom is -0.192 e. The molecule has 0 N–H and O–H groups in total. The van der Waals surface area contributed by atoms with Gasteiger partial charge in [-0.05, 0) is 118 Å². The van der Waals surface area contributed by atoms with Gasteiger partial charge in [0.25, 0.3) is 0 Å². The summed E-state index contributed by atoms with van der Waals surface area (Å²) in [6, 6.07) is 46.4. The molecule has 6 aromatic carbocycles. The molecule has 0 nitrogen and oxygen atoms in total. The van der Waals surface area contributed by atoms with Crippen LogP contribution in [-0.4, -0.2) is 25.0 Å². The minimum atomic E-state index is -1.02. The van der Waals surface area contributed by atoms with E-state index in [4.69, 9.17) is 0 Å². The van der Waals surface area contributed by atoms with Gasteiger partial charge in [0, 0.05) is 39.8 Å². The standard InChI is InChI=1S/C40H32S3/c1-42(2)37-11-7-5-9-29(37)31-17-13-27(23-39(31)42)25-15-19-35-33(21-25)34-22-26(16-20-36(34)41-35)28-14-18-32-30-10-6-8-12-38(30)43(3,4)40(32)24-28/h5-24H,1-4H3. The lowest BCUT2D eigenvalue weighted by molar-refractivity contribution is 1.44. The molecule has 3 heterocycles. The highest BCUT2D eigenvalue weighted by molar-refractivity contribution is 8.33. The molecule has 0 spiro atoms. The smallest absolute Gasteiger partial charge is 0.0355 e. The van der Waals surface area contributed by atoms with Gasteiger partial charge in [0.2, 0.25) is 0 Å². The maximum atomic E-state index is 2.47. The Morgan fingerprint density at radius 3 is 1.21 bits per heavy atom. The Labute approximate surface area is 260 Å². The van der Waals surface area contributed by atoms with Crippen molar-refractivity contribution < 1.29 is 0 Å². The van der Waals surface area contributed by atoms with Crippen molar-refractivity contribution in [1.29, 1.82) is 0 Å². The number of rotatable bonds is 2. The molecular formula is C40H32S3. The average Bonchev–Trinajstić information content (AvgIpc) is 3.60. The Balaban J connectivity index is 1.15. The maximum Gasteiger partial charge on any atom is 0.0355 e. The van der Waals surface area contributed by atoms with Crippen molar-refractivity contribution in [2.24, 2.45) is 0 Å². The van der Waals surface area contributed by atoms with Crippen molar-refractivity contribution in [3.05, 3.63) is 121 Å². The van der Waals surface area contributed by atoms with Gasteiger partial charge in [-0.15, -0.1) is 11.3 Å². The van der Waals surface area contributed by atoms with E-state index in [-0.39, 0.29) is 0 Å². The maximum absolute atomic E-state index is 2.47. The Hall–Kier alpha value is -3.76. The van der Waals surface area contributed by atoms with Crippen LogP contribution in [0.3, 0.4) is 0 Å². The first-order valence-electron chi connectivity index (χ1n) is 14.7. The molecule has 0 atom stereocenters. The van der Waals surface area contributed by atoms with Gasteiger partial charge < -0.3 is 0 Å². The van der Waals surface area contributed by atoms with Gasteiger partial charge in [-0.25, -0.2) is 0 Å². The fourth-order valence-corrected chi connectivity index (χ4v) is 13.5. The van der Waals surface area contributed by atoms with Crippen molar-refractivity contribution in [3.63, 3.8) is 0 Å². The largest absolute Gasteiger partial charge is 0.192 e. The highest BCUT2D eigenvalue weighted by atomic mass is 32.3. The first kappa shape index (κ1) is 25.7. The summed E-state index contributed by atoms with van der Waals surface area (Å²) >= 11 is 1.90. The van der Waals surface area contributed by atoms with Gasteiger partial charge in [0.15, 0.2) is 0 Å². The van der Waals surface area contributed by atoms with Crippen molar-refractivity contribution in [2.45, 2.75) is 19.6 Å². The molecule has 7 aromatic rings. The molecule has 0 saturated carbocycles. The second-order valence-electron chi connectivity index (χ2n) is 12.6. The predicted octanol–water partition coefficient (Wildman–Crippen LogP) is 12.3. The van der Waals surface area contributed by atoms with E-state index in [9.17, 15) is 0 Å². The lowest BCUT2D eigenvalue weighted by atomic mass is 9.97. The van der Waals surface area contributed by atoms with E-state index in [1.165, 1.54) is 84.3 Å². The molecule has 0 radical (unpaired) electrons. The third kappa shape index (κ3) is 3.59.